The van der Waals surface area contributed by atoms with Crippen molar-refractivity contribution < 1.29 is 0 Å². The van der Waals surface area contributed by atoms with Crippen LogP contribution in [0.25, 0.3) is 117 Å². The first-order valence-electron chi connectivity index (χ1n) is 27.4. The van der Waals surface area contributed by atoms with E-state index in [1.54, 1.807) is 48.8 Å². The summed E-state index contributed by atoms with van der Waals surface area (Å²) >= 11 is 6.70. The van der Waals surface area contributed by atoms with E-state index in [-0.39, 0.29) is 0 Å². The summed E-state index contributed by atoms with van der Waals surface area (Å²) in [6, 6.07) is 71.9. The summed E-state index contributed by atoms with van der Waals surface area (Å²) in [6.45, 7) is 25.1. The highest BCUT2D eigenvalue weighted by Gasteiger charge is 2.09. The monoisotopic (exact) mass is 1280 g/mol. The van der Waals surface area contributed by atoms with Gasteiger partial charge in [-0.3, -0.25) is 29.9 Å². The van der Waals surface area contributed by atoms with Gasteiger partial charge in [0.2, 0.25) is 0 Å². The fourth-order valence-electron chi connectivity index (χ4n) is 8.73. The first-order valence-corrected chi connectivity index (χ1v) is 29.0. The first-order chi connectivity index (χ1) is 43.2. The SMILES string of the molecule is C=C(N)c1ccc(-c2ccc(-c3ccc(-c4ccc(C(=C)N)cc4)nc3)cn2)cc1.C=C(N)c1ccc(-c2ccc(Br)cn2)cc1.[C-]#[N+]c1ccc(-c2ccc(-c3ccc(-c4ccc(C#N)cc4)nc3)cn2)cc1.[C-]#[N+]c1ccc(-c2ccc(Br)cn2)cc1. The fourth-order valence-corrected chi connectivity index (χ4v) is 9.20. The van der Waals surface area contributed by atoms with E-state index in [1.807, 2.05) is 195 Å². The van der Waals surface area contributed by atoms with Crippen LogP contribution in [0, 0.1) is 24.5 Å². The van der Waals surface area contributed by atoms with Crippen molar-refractivity contribution in [3.63, 3.8) is 0 Å². The van der Waals surface area contributed by atoms with Gasteiger partial charge in [0.1, 0.15) is 0 Å². The molecule has 12 rings (SSSR count). The van der Waals surface area contributed by atoms with Crippen LogP contribution in [0.2, 0.25) is 0 Å². The molecule has 14 heteroatoms. The molecule has 6 aromatic heterocycles. The Kier molecular flexibility index (Phi) is 20.8. The van der Waals surface area contributed by atoms with Crippen LogP contribution in [0.4, 0.5) is 11.4 Å². The van der Waals surface area contributed by atoms with Gasteiger partial charge in [-0.1, -0.05) is 177 Å². The van der Waals surface area contributed by atoms with Crippen molar-refractivity contribution >= 4 is 60.3 Å². The van der Waals surface area contributed by atoms with Gasteiger partial charge in [0, 0.05) is 108 Å². The molecule has 0 saturated carbocycles. The Morgan fingerprint density at radius 3 is 0.719 bits per heavy atom. The number of hydrogen-bond acceptors (Lipinski definition) is 10. The van der Waals surface area contributed by atoms with Crippen molar-refractivity contribution in [3.05, 3.63) is 329 Å². The summed E-state index contributed by atoms with van der Waals surface area (Å²) < 4.78 is 1.94. The number of nitriles is 1. The lowest BCUT2D eigenvalue weighted by Crippen LogP contribution is -1.94. The third kappa shape index (κ3) is 16.8. The van der Waals surface area contributed by atoms with Gasteiger partial charge in [0.15, 0.2) is 11.4 Å². The van der Waals surface area contributed by atoms with Gasteiger partial charge in [-0.2, -0.15) is 5.26 Å². The fraction of sp³-hybridized carbons (Fsp3) is 0. The number of nitrogens with zero attached hydrogens (tertiary/aromatic N) is 9. The van der Waals surface area contributed by atoms with Gasteiger partial charge >= 0.3 is 0 Å². The van der Waals surface area contributed by atoms with Crippen LogP contribution in [0.3, 0.4) is 0 Å². The molecule has 0 atom stereocenters. The zero-order valence-electron chi connectivity index (χ0n) is 47.9. The maximum atomic E-state index is 8.89. The maximum absolute atomic E-state index is 8.89. The molecule has 0 unspecified atom stereocenters. The van der Waals surface area contributed by atoms with Crippen molar-refractivity contribution in [2.45, 2.75) is 0 Å². The molecule has 0 aliphatic heterocycles. The zero-order valence-corrected chi connectivity index (χ0v) is 51.1. The Morgan fingerprint density at radius 2 is 0.528 bits per heavy atom. The molecule has 0 fully saturated rings. The topological polar surface area (TPSA) is 188 Å². The predicted octanol–water partition coefficient (Wildman–Crippen LogP) is 18.7. The maximum Gasteiger partial charge on any atom is 0.187 e. The Bertz CT molecular complexity index is 4300. The summed E-state index contributed by atoms with van der Waals surface area (Å²) in [6.07, 6.45) is 10.9. The van der Waals surface area contributed by atoms with Crippen LogP contribution in [0.15, 0.2) is 284 Å². The number of aromatic nitrogens is 6. The van der Waals surface area contributed by atoms with Gasteiger partial charge in [0.05, 0.1) is 58.9 Å². The number of hydrogen-bond donors (Lipinski definition) is 3. The van der Waals surface area contributed by atoms with Gasteiger partial charge < -0.3 is 17.2 Å². The summed E-state index contributed by atoms with van der Waals surface area (Å²) in [7, 11) is 0. The summed E-state index contributed by atoms with van der Waals surface area (Å²) in [5.74, 6) is 0. The average Bonchev–Trinajstić information content (AvgIpc) is 3.77. The van der Waals surface area contributed by atoms with Crippen molar-refractivity contribution in [3.8, 4) is 95.9 Å². The third-order valence-electron chi connectivity index (χ3n) is 13.7. The van der Waals surface area contributed by atoms with Crippen molar-refractivity contribution in [1.29, 1.82) is 5.26 Å². The molecule has 0 spiro atoms. The van der Waals surface area contributed by atoms with Crippen molar-refractivity contribution in [2.75, 3.05) is 0 Å². The Balaban J connectivity index is 0.000000147. The van der Waals surface area contributed by atoms with E-state index in [0.29, 0.717) is 34.0 Å². The molecule has 0 aliphatic rings. The van der Waals surface area contributed by atoms with E-state index in [9.17, 15) is 0 Å². The molecular formula is C75H54Br2N12. The van der Waals surface area contributed by atoms with Crippen LogP contribution in [-0.4, -0.2) is 29.9 Å². The number of rotatable bonds is 11. The number of halogens is 2. The zero-order chi connectivity index (χ0) is 62.7. The van der Waals surface area contributed by atoms with Crippen LogP contribution < -0.4 is 17.2 Å². The number of benzene rings is 6. The van der Waals surface area contributed by atoms with E-state index < -0.39 is 0 Å². The highest BCUT2D eigenvalue weighted by Crippen LogP contribution is 2.29. The van der Waals surface area contributed by atoms with Crippen LogP contribution in [0.1, 0.15) is 22.3 Å². The van der Waals surface area contributed by atoms with Crippen LogP contribution in [0.5, 0.6) is 0 Å². The summed E-state index contributed by atoms with van der Waals surface area (Å²) in [4.78, 5) is 33.6. The van der Waals surface area contributed by atoms with Crippen molar-refractivity contribution in [2.24, 2.45) is 17.2 Å². The average molecular weight is 1280 g/mol. The Hall–Kier alpha value is -11.7. The van der Waals surface area contributed by atoms with Gasteiger partial charge in [-0.05, 0) is 120 Å². The summed E-state index contributed by atoms with van der Waals surface area (Å²) in [5.41, 5.74) is 38.9. The second-order valence-electron chi connectivity index (χ2n) is 19.8. The minimum Gasteiger partial charge on any atom is -0.399 e. The lowest BCUT2D eigenvalue weighted by Gasteiger charge is -2.07. The molecule has 6 heterocycles. The van der Waals surface area contributed by atoms with E-state index in [4.69, 9.17) is 35.6 Å². The van der Waals surface area contributed by atoms with Gasteiger partial charge in [-0.15, -0.1) is 0 Å². The molecule has 0 bridgehead atoms. The Morgan fingerprint density at radius 1 is 0.315 bits per heavy atom. The smallest absolute Gasteiger partial charge is 0.187 e. The van der Waals surface area contributed by atoms with Crippen LogP contribution >= 0.6 is 31.9 Å². The molecule has 89 heavy (non-hydrogen) atoms. The minimum atomic E-state index is 0.557. The largest absolute Gasteiger partial charge is 0.399 e. The molecular weight excluding hydrogens is 1230 g/mol. The molecule has 6 N–H and O–H groups in total. The normalized spacial score (nSPS) is 10.1. The molecule has 0 aliphatic carbocycles. The van der Waals surface area contributed by atoms with Crippen LogP contribution in [-0.2, 0) is 0 Å². The number of pyridine rings is 6. The summed E-state index contributed by atoms with van der Waals surface area (Å²) in [5, 5.41) is 8.89. The molecule has 12 nitrogen and oxygen atoms in total. The highest BCUT2D eigenvalue weighted by atomic mass is 79.9. The third-order valence-corrected chi connectivity index (χ3v) is 14.7. The molecule has 6 aromatic carbocycles. The lowest BCUT2D eigenvalue weighted by molar-refractivity contribution is 1.29. The van der Waals surface area contributed by atoms with E-state index >= 15 is 0 Å². The van der Waals surface area contributed by atoms with Gasteiger partial charge in [0.25, 0.3) is 0 Å². The molecule has 0 amide bonds. The molecule has 0 saturated heterocycles. The quantitative estimate of drug-likeness (QED) is 0.105. The second-order valence-corrected chi connectivity index (χ2v) is 21.6. The molecule has 12 aromatic rings. The van der Waals surface area contributed by atoms with E-state index in [2.05, 4.69) is 109 Å². The lowest BCUT2D eigenvalue weighted by atomic mass is 10.0. The minimum absolute atomic E-state index is 0.557. The number of nitrogens with two attached hydrogens (primary N) is 3. The predicted molar refractivity (Wildman–Crippen MR) is 368 cm³/mol. The molecule has 0 radical (unpaired) electrons. The van der Waals surface area contributed by atoms with E-state index in [1.165, 1.54) is 0 Å². The molecule has 428 valence electrons. The van der Waals surface area contributed by atoms with Gasteiger partial charge in [-0.25, -0.2) is 9.69 Å². The standard InChI is InChI=1S/C26H22N4.C24H14N4.C13H11BrN2.C12H7BrN2/c1-17(27)19-3-7-21(8-4-19)25-13-11-23(15-29-25)24-12-14-26(30-16-24)22-9-5-20(6-10-22)18(2)28;1-26-22-10-6-19(7-11-22)24-13-9-21(16-28-24)20-8-12-23(27-15-20)18-4-2-17(14-25)3-5-18;1-9(15)10-2-4-11(5-3-10)13-7-6-12(14)8-16-13;1-14-11-5-2-9(3-6-11)12-7-4-10(13)8-15-12/h3-16H,1-2,27-28H2;2-13,15-16H;2-8H,1,15H2;2-8H. The van der Waals surface area contributed by atoms with Crippen molar-refractivity contribution in [1.82, 2.24) is 29.9 Å². The first kappa shape index (κ1) is 61.8. The Labute approximate surface area is 534 Å². The second kappa shape index (κ2) is 29.9. The van der Waals surface area contributed by atoms with E-state index in [0.717, 1.165) is 115 Å². The highest BCUT2D eigenvalue weighted by molar-refractivity contribution is 9.10.